The molecule has 4 nitrogen and oxygen atoms in total. The molecular formula is C8H8O4S2. The Morgan fingerprint density at radius 3 is 2.43 bits per heavy atom. The molecule has 0 unspecified atom stereocenters. The van der Waals surface area contributed by atoms with Gasteiger partial charge in [0.1, 0.15) is 0 Å². The van der Waals surface area contributed by atoms with Crippen LogP contribution in [0.4, 0.5) is 0 Å². The van der Waals surface area contributed by atoms with Gasteiger partial charge in [0.2, 0.25) is 0 Å². The fourth-order valence-electron chi connectivity index (χ4n) is 0.786. The van der Waals surface area contributed by atoms with E-state index in [4.69, 9.17) is 5.11 Å². The van der Waals surface area contributed by atoms with Crippen LogP contribution in [0.2, 0.25) is 0 Å². The molecule has 0 saturated carbocycles. The lowest BCUT2D eigenvalue weighted by Gasteiger charge is -2.04. The molecule has 0 aromatic carbocycles. The van der Waals surface area contributed by atoms with Crippen LogP contribution < -0.4 is 0 Å². The number of carboxylic acids is 1. The van der Waals surface area contributed by atoms with E-state index in [1.165, 1.54) is 23.5 Å². The first kappa shape index (κ1) is 11.2. The van der Waals surface area contributed by atoms with Gasteiger partial charge < -0.3 is 9.84 Å². The Hall–Kier alpha value is -0.880. The Kier molecular flexibility index (Phi) is 4.09. The van der Waals surface area contributed by atoms with Crippen LogP contribution in [0, 0.1) is 0 Å². The standard InChI is InChI=1S/C8H8O4S2/c1-2-12-7(11)5(6(9)10)8-13-3-4-14-8/h3-4H,2H2,1H3,(H,9,10). The van der Waals surface area contributed by atoms with E-state index in [0.29, 0.717) is 4.24 Å². The van der Waals surface area contributed by atoms with E-state index in [-0.39, 0.29) is 12.2 Å². The molecule has 0 saturated heterocycles. The number of carboxylic acid groups (broad SMARTS) is 1. The Morgan fingerprint density at radius 1 is 1.43 bits per heavy atom. The van der Waals surface area contributed by atoms with E-state index in [9.17, 15) is 9.59 Å². The summed E-state index contributed by atoms with van der Waals surface area (Å²) in [6.45, 7) is 1.81. The normalized spacial score (nSPS) is 14.2. The van der Waals surface area contributed by atoms with Gasteiger partial charge in [0.15, 0.2) is 5.57 Å². The average molecular weight is 232 g/mol. The highest BCUT2D eigenvalue weighted by Gasteiger charge is 2.25. The van der Waals surface area contributed by atoms with Crippen molar-refractivity contribution in [2.24, 2.45) is 0 Å². The van der Waals surface area contributed by atoms with Gasteiger partial charge in [-0.15, -0.1) is 0 Å². The quantitative estimate of drug-likeness (QED) is 0.346. The second-order valence-electron chi connectivity index (χ2n) is 2.20. The van der Waals surface area contributed by atoms with Crippen molar-refractivity contribution in [2.45, 2.75) is 6.92 Å². The van der Waals surface area contributed by atoms with Crippen LogP contribution >= 0.6 is 23.5 Å². The summed E-state index contributed by atoms with van der Waals surface area (Å²) in [6, 6.07) is 0. The Morgan fingerprint density at radius 2 is 2.00 bits per heavy atom. The van der Waals surface area contributed by atoms with E-state index in [1.807, 2.05) is 0 Å². The van der Waals surface area contributed by atoms with Crippen LogP contribution in [-0.2, 0) is 14.3 Å². The fraction of sp³-hybridized carbons (Fsp3) is 0.250. The third-order valence-electron chi connectivity index (χ3n) is 1.30. The molecule has 0 bridgehead atoms. The highest BCUT2D eigenvalue weighted by Crippen LogP contribution is 2.40. The molecule has 1 N–H and O–H groups in total. The predicted octanol–water partition coefficient (Wildman–Crippen LogP) is 1.80. The summed E-state index contributed by atoms with van der Waals surface area (Å²) in [5.74, 6) is -2.03. The summed E-state index contributed by atoms with van der Waals surface area (Å²) in [5, 5.41) is 12.3. The van der Waals surface area contributed by atoms with Gasteiger partial charge in [0, 0.05) is 0 Å². The number of aliphatic carboxylic acids is 1. The summed E-state index contributed by atoms with van der Waals surface area (Å²) in [5.41, 5.74) is -0.285. The summed E-state index contributed by atoms with van der Waals surface area (Å²) in [6.07, 6.45) is 0. The molecule has 1 aliphatic heterocycles. The first-order chi connectivity index (χ1) is 6.66. The average Bonchev–Trinajstić information content (AvgIpc) is 2.57. The zero-order chi connectivity index (χ0) is 10.6. The van der Waals surface area contributed by atoms with E-state index >= 15 is 0 Å². The van der Waals surface area contributed by atoms with Crippen molar-refractivity contribution in [2.75, 3.05) is 6.61 Å². The second-order valence-corrected chi connectivity index (χ2v) is 4.29. The number of ether oxygens (including phenoxy) is 1. The molecule has 1 aliphatic rings. The topological polar surface area (TPSA) is 63.6 Å². The summed E-state index contributed by atoms with van der Waals surface area (Å²) in [7, 11) is 0. The monoisotopic (exact) mass is 232 g/mol. The molecule has 14 heavy (non-hydrogen) atoms. The molecular weight excluding hydrogens is 224 g/mol. The molecule has 1 rings (SSSR count). The first-order valence-corrected chi connectivity index (χ1v) is 5.55. The maximum Gasteiger partial charge on any atom is 0.347 e. The summed E-state index contributed by atoms with van der Waals surface area (Å²) in [4.78, 5) is 22.0. The second kappa shape index (κ2) is 5.11. The Labute approximate surface area is 89.4 Å². The minimum absolute atomic E-state index is 0.172. The largest absolute Gasteiger partial charge is 0.477 e. The predicted molar refractivity (Wildman–Crippen MR) is 55.6 cm³/mol. The molecule has 0 aromatic heterocycles. The maximum absolute atomic E-state index is 11.3. The van der Waals surface area contributed by atoms with E-state index < -0.39 is 11.9 Å². The van der Waals surface area contributed by atoms with Crippen LogP contribution in [0.3, 0.4) is 0 Å². The molecule has 0 atom stereocenters. The number of thioether (sulfide) groups is 2. The van der Waals surface area contributed by atoms with Gasteiger partial charge in [-0.25, -0.2) is 9.59 Å². The summed E-state index contributed by atoms with van der Waals surface area (Å²) < 4.78 is 5.10. The lowest BCUT2D eigenvalue weighted by Crippen LogP contribution is -2.16. The van der Waals surface area contributed by atoms with Crippen molar-refractivity contribution in [3.8, 4) is 0 Å². The molecule has 0 radical (unpaired) electrons. The van der Waals surface area contributed by atoms with Crippen molar-refractivity contribution in [1.82, 2.24) is 0 Å². The summed E-state index contributed by atoms with van der Waals surface area (Å²) >= 11 is 2.43. The van der Waals surface area contributed by atoms with E-state index in [0.717, 1.165) is 0 Å². The number of hydrogen-bond acceptors (Lipinski definition) is 5. The zero-order valence-corrected chi connectivity index (χ0v) is 8.98. The SMILES string of the molecule is CCOC(=O)C(C(=O)O)=C1SC=CS1. The van der Waals surface area contributed by atoms with Gasteiger partial charge in [-0.05, 0) is 17.7 Å². The number of carbonyl (C=O) groups excluding carboxylic acids is 1. The van der Waals surface area contributed by atoms with Crippen LogP contribution in [0.15, 0.2) is 20.6 Å². The lowest BCUT2D eigenvalue weighted by molar-refractivity contribution is -0.143. The van der Waals surface area contributed by atoms with Crippen LogP contribution in [0.1, 0.15) is 6.92 Å². The van der Waals surface area contributed by atoms with Crippen molar-refractivity contribution in [1.29, 1.82) is 0 Å². The lowest BCUT2D eigenvalue weighted by atomic mass is 10.3. The van der Waals surface area contributed by atoms with Crippen LogP contribution in [-0.4, -0.2) is 23.7 Å². The van der Waals surface area contributed by atoms with Gasteiger partial charge in [0.25, 0.3) is 0 Å². The van der Waals surface area contributed by atoms with Gasteiger partial charge >= 0.3 is 11.9 Å². The fourth-order valence-corrected chi connectivity index (χ4v) is 2.61. The minimum atomic E-state index is -1.25. The Balaban J connectivity index is 2.89. The molecule has 0 amide bonds. The molecule has 76 valence electrons. The van der Waals surface area contributed by atoms with Crippen molar-refractivity contribution < 1.29 is 19.4 Å². The Bertz CT molecular complexity index is 309. The van der Waals surface area contributed by atoms with Crippen LogP contribution in [0.25, 0.3) is 0 Å². The maximum atomic E-state index is 11.3. The molecule has 0 spiro atoms. The van der Waals surface area contributed by atoms with Gasteiger partial charge in [-0.1, -0.05) is 23.5 Å². The highest BCUT2D eigenvalue weighted by molar-refractivity contribution is 8.27. The number of hydrogen-bond donors (Lipinski definition) is 1. The van der Waals surface area contributed by atoms with E-state index in [1.54, 1.807) is 17.7 Å². The third-order valence-corrected chi connectivity index (χ3v) is 3.43. The third kappa shape index (κ3) is 2.55. The van der Waals surface area contributed by atoms with Gasteiger partial charge in [-0.2, -0.15) is 0 Å². The van der Waals surface area contributed by atoms with Crippen molar-refractivity contribution in [3.05, 3.63) is 20.6 Å². The highest BCUT2D eigenvalue weighted by atomic mass is 32.2. The molecule has 0 fully saturated rings. The number of esters is 1. The molecule has 0 aliphatic carbocycles. The van der Waals surface area contributed by atoms with Crippen molar-refractivity contribution >= 4 is 35.5 Å². The smallest absolute Gasteiger partial charge is 0.347 e. The minimum Gasteiger partial charge on any atom is -0.477 e. The number of rotatable bonds is 3. The van der Waals surface area contributed by atoms with Crippen LogP contribution in [0.5, 0.6) is 0 Å². The van der Waals surface area contributed by atoms with Crippen molar-refractivity contribution in [3.63, 3.8) is 0 Å². The zero-order valence-electron chi connectivity index (χ0n) is 7.35. The first-order valence-electron chi connectivity index (χ1n) is 3.79. The molecule has 6 heteroatoms. The molecule has 0 aromatic rings. The van der Waals surface area contributed by atoms with E-state index in [2.05, 4.69) is 4.74 Å². The van der Waals surface area contributed by atoms with Gasteiger partial charge in [-0.3, -0.25) is 0 Å². The van der Waals surface area contributed by atoms with Gasteiger partial charge in [0.05, 0.1) is 10.8 Å². The molecule has 1 heterocycles. The number of carbonyl (C=O) groups is 2.